The summed E-state index contributed by atoms with van der Waals surface area (Å²) in [5, 5.41) is 5.06. The number of anilines is 1. The Morgan fingerprint density at radius 1 is 0.972 bits per heavy atom. The largest absolute Gasteiger partial charge is 0.351 e. The second kappa shape index (κ2) is 9.72. The van der Waals surface area contributed by atoms with Gasteiger partial charge in [-0.15, -0.1) is 0 Å². The first kappa shape index (κ1) is 24.5. The summed E-state index contributed by atoms with van der Waals surface area (Å²) in [6.45, 7) is 10.8. The molecule has 2 aromatic heterocycles. The van der Waals surface area contributed by atoms with Gasteiger partial charge in [-0.3, -0.25) is 4.98 Å². The molecule has 4 aromatic rings. The van der Waals surface area contributed by atoms with Gasteiger partial charge in [0, 0.05) is 34.0 Å². The molecule has 0 amide bonds. The van der Waals surface area contributed by atoms with Gasteiger partial charge >= 0.3 is 0 Å². The third kappa shape index (κ3) is 4.21. The van der Waals surface area contributed by atoms with Crippen LogP contribution < -0.4 is 10.2 Å². The van der Waals surface area contributed by atoms with Gasteiger partial charge in [0.25, 0.3) is 0 Å². The SMILES string of the molecule is Cc1c(Cl)cccc1-n1c(C)cc([C@H]2[C@@H](c3ccccn3)NC(=S)N2c2ccc(C(C)C)cc2)c1C. The number of nitrogens with zero attached hydrogens (tertiary/aromatic N) is 3. The Balaban J connectivity index is 1.68. The van der Waals surface area contributed by atoms with Crippen molar-refractivity contribution in [3.05, 3.63) is 112 Å². The summed E-state index contributed by atoms with van der Waals surface area (Å²) in [7, 11) is 0. The van der Waals surface area contributed by atoms with Gasteiger partial charge in [-0.2, -0.15) is 0 Å². The highest BCUT2D eigenvalue weighted by Crippen LogP contribution is 2.44. The number of halogens is 1. The molecule has 6 heteroatoms. The maximum absolute atomic E-state index is 6.51. The molecule has 5 rings (SSSR count). The quantitative estimate of drug-likeness (QED) is 0.276. The fourth-order valence-electron chi connectivity index (χ4n) is 5.26. The van der Waals surface area contributed by atoms with E-state index in [-0.39, 0.29) is 12.1 Å². The van der Waals surface area contributed by atoms with E-state index in [1.807, 2.05) is 30.5 Å². The molecule has 36 heavy (non-hydrogen) atoms. The van der Waals surface area contributed by atoms with E-state index < -0.39 is 0 Å². The topological polar surface area (TPSA) is 33.1 Å². The Morgan fingerprint density at radius 2 is 1.72 bits per heavy atom. The summed E-state index contributed by atoms with van der Waals surface area (Å²) in [6.07, 6.45) is 1.84. The number of aryl methyl sites for hydroxylation is 1. The lowest BCUT2D eigenvalue weighted by Crippen LogP contribution is -2.29. The number of aromatic nitrogens is 2. The lowest BCUT2D eigenvalue weighted by atomic mass is 9.96. The van der Waals surface area contributed by atoms with Gasteiger partial charge in [0.1, 0.15) is 0 Å². The zero-order valence-electron chi connectivity index (χ0n) is 21.3. The monoisotopic (exact) mass is 514 g/mol. The smallest absolute Gasteiger partial charge is 0.174 e. The van der Waals surface area contributed by atoms with Crippen molar-refractivity contribution in [2.75, 3.05) is 4.90 Å². The van der Waals surface area contributed by atoms with Crippen LogP contribution in [0, 0.1) is 20.8 Å². The van der Waals surface area contributed by atoms with Crippen LogP contribution in [0.1, 0.15) is 65.6 Å². The number of rotatable bonds is 5. The summed E-state index contributed by atoms with van der Waals surface area (Å²) in [6, 6.07) is 23.0. The van der Waals surface area contributed by atoms with Gasteiger partial charge in [0.05, 0.1) is 17.8 Å². The third-order valence-electron chi connectivity index (χ3n) is 7.20. The van der Waals surface area contributed by atoms with Gasteiger partial charge in [-0.1, -0.05) is 49.7 Å². The lowest BCUT2D eigenvalue weighted by molar-refractivity contribution is 0.565. The van der Waals surface area contributed by atoms with Crippen molar-refractivity contribution in [3.63, 3.8) is 0 Å². The number of benzene rings is 2. The van der Waals surface area contributed by atoms with Crippen LogP contribution in [0.3, 0.4) is 0 Å². The molecule has 0 bridgehead atoms. The molecule has 2 atom stereocenters. The van der Waals surface area contributed by atoms with Gasteiger partial charge < -0.3 is 14.8 Å². The van der Waals surface area contributed by atoms with Crippen molar-refractivity contribution in [1.29, 1.82) is 0 Å². The minimum atomic E-state index is -0.0853. The minimum Gasteiger partial charge on any atom is -0.351 e. The van der Waals surface area contributed by atoms with Crippen molar-refractivity contribution in [2.45, 2.75) is 52.6 Å². The van der Waals surface area contributed by atoms with Crippen LogP contribution in [0.2, 0.25) is 5.02 Å². The first-order chi connectivity index (χ1) is 17.3. The van der Waals surface area contributed by atoms with E-state index >= 15 is 0 Å². The molecule has 0 radical (unpaired) electrons. The van der Waals surface area contributed by atoms with E-state index in [2.05, 4.69) is 91.9 Å². The molecule has 1 saturated heterocycles. The normalized spacial score (nSPS) is 17.6. The Kier molecular flexibility index (Phi) is 6.62. The maximum atomic E-state index is 6.51. The summed E-state index contributed by atoms with van der Waals surface area (Å²) >= 11 is 12.4. The van der Waals surface area contributed by atoms with Crippen LogP contribution in [0.25, 0.3) is 5.69 Å². The fraction of sp³-hybridized carbons (Fsp3) is 0.267. The number of hydrogen-bond donors (Lipinski definition) is 1. The van der Waals surface area contributed by atoms with Crippen molar-refractivity contribution >= 4 is 34.6 Å². The first-order valence-corrected chi connectivity index (χ1v) is 13.1. The van der Waals surface area contributed by atoms with Gasteiger partial charge in [0.2, 0.25) is 0 Å². The van der Waals surface area contributed by atoms with Crippen LogP contribution in [0.4, 0.5) is 5.69 Å². The van der Waals surface area contributed by atoms with E-state index in [1.54, 1.807) is 0 Å². The molecule has 0 saturated carbocycles. The van der Waals surface area contributed by atoms with E-state index in [0.29, 0.717) is 11.0 Å². The summed E-state index contributed by atoms with van der Waals surface area (Å²) in [4.78, 5) is 6.95. The van der Waals surface area contributed by atoms with Crippen molar-refractivity contribution in [1.82, 2.24) is 14.9 Å². The molecule has 184 valence electrons. The number of pyridine rings is 1. The fourth-order valence-corrected chi connectivity index (χ4v) is 5.78. The molecule has 1 aliphatic heterocycles. The Hall–Kier alpha value is -3.15. The molecule has 0 aliphatic carbocycles. The number of thiocarbonyl (C=S) groups is 1. The molecule has 0 unspecified atom stereocenters. The minimum absolute atomic E-state index is 0.0586. The highest BCUT2D eigenvalue weighted by Gasteiger charge is 2.42. The van der Waals surface area contributed by atoms with Gasteiger partial charge in [-0.05, 0) is 98.1 Å². The molecule has 2 aromatic carbocycles. The summed E-state index contributed by atoms with van der Waals surface area (Å²) in [5.41, 5.74) is 9.04. The maximum Gasteiger partial charge on any atom is 0.174 e. The first-order valence-electron chi connectivity index (χ1n) is 12.3. The zero-order chi connectivity index (χ0) is 25.6. The average molecular weight is 515 g/mol. The van der Waals surface area contributed by atoms with Gasteiger partial charge in [0.15, 0.2) is 5.11 Å². The van der Waals surface area contributed by atoms with Gasteiger partial charge in [-0.25, -0.2) is 0 Å². The Bertz CT molecular complexity index is 1410. The van der Waals surface area contributed by atoms with Crippen LogP contribution in [0.15, 0.2) is 72.9 Å². The third-order valence-corrected chi connectivity index (χ3v) is 7.93. The van der Waals surface area contributed by atoms with E-state index in [4.69, 9.17) is 28.8 Å². The van der Waals surface area contributed by atoms with Crippen LogP contribution in [0.5, 0.6) is 0 Å². The summed E-state index contributed by atoms with van der Waals surface area (Å²) < 4.78 is 2.30. The second-order valence-corrected chi connectivity index (χ2v) is 10.6. The standard InChI is InChI=1S/C30H31ClN4S/c1-18(2)22-12-14-23(15-13-22)35-29(28(33-30(35)36)26-10-6-7-16-32-26)24-17-19(3)34(21(24)5)27-11-8-9-25(31)20(27)4/h6-18,28-29H,1-5H3,(H,33,36)/t28-,29+/m1/s1. The van der Waals surface area contributed by atoms with Crippen LogP contribution >= 0.6 is 23.8 Å². The number of nitrogens with one attached hydrogen (secondary N) is 1. The second-order valence-electron chi connectivity index (χ2n) is 9.79. The predicted molar refractivity (Wildman–Crippen MR) is 153 cm³/mol. The lowest BCUT2D eigenvalue weighted by Gasteiger charge is -2.28. The van der Waals surface area contributed by atoms with Crippen molar-refractivity contribution in [3.8, 4) is 5.69 Å². The Labute approximate surface area is 223 Å². The van der Waals surface area contributed by atoms with Crippen molar-refractivity contribution < 1.29 is 0 Å². The van der Waals surface area contributed by atoms with E-state index in [0.717, 1.165) is 33.3 Å². The predicted octanol–water partition coefficient (Wildman–Crippen LogP) is 7.75. The molecular formula is C30H31ClN4S. The Morgan fingerprint density at radius 3 is 2.39 bits per heavy atom. The van der Waals surface area contributed by atoms with E-state index in [9.17, 15) is 0 Å². The van der Waals surface area contributed by atoms with E-state index in [1.165, 1.54) is 16.8 Å². The summed E-state index contributed by atoms with van der Waals surface area (Å²) in [5.74, 6) is 0.472. The molecular weight excluding hydrogens is 484 g/mol. The molecule has 3 heterocycles. The molecule has 0 spiro atoms. The molecule has 1 N–H and O–H groups in total. The zero-order valence-corrected chi connectivity index (χ0v) is 22.9. The molecule has 1 aliphatic rings. The highest BCUT2D eigenvalue weighted by molar-refractivity contribution is 7.80. The molecule has 4 nitrogen and oxygen atoms in total. The molecule has 1 fully saturated rings. The van der Waals surface area contributed by atoms with Crippen molar-refractivity contribution in [2.24, 2.45) is 0 Å². The number of hydrogen-bond acceptors (Lipinski definition) is 2. The average Bonchev–Trinajstić information content (AvgIpc) is 3.36. The van der Waals surface area contributed by atoms with Crippen LogP contribution in [-0.4, -0.2) is 14.7 Å². The van der Waals surface area contributed by atoms with Crippen LogP contribution in [-0.2, 0) is 0 Å². The highest BCUT2D eigenvalue weighted by atomic mass is 35.5.